The molecule has 0 atom stereocenters. The van der Waals surface area contributed by atoms with Crippen molar-refractivity contribution in [2.45, 2.75) is 6.92 Å². The number of urea groups is 1. The molecule has 2 amide bonds. The minimum absolute atomic E-state index is 0.354. The Kier molecular flexibility index (Phi) is 5.36. The second-order valence-corrected chi connectivity index (χ2v) is 5.54. The predicted molar refractivity (Wildman–Crippen MR) is 101 cm³/mol. The SMILES string of the molecule is C=CCNC(=O)Nc1ccc2ncc(-c3ccc(OC(C)=O)cc3)nc2n1. The maximum absolute atomic E-state index is 11.7. The number of aromatic nitrogens is 3. The van der Waals surface area contributed by atoms with Gasteiger partial charge >= 0.3 is 12.0 Å². The third-order valence-corrected chi connectivity index (χ3v) is 3.47. The lowest BCUT2D eigenvalue weighted by Gasteiger charge is -2.07. The summed E-state index contributed by atoms with van der Waals surface area (Å²) in [5, 5.41) is 5.23. The number of ether oxygens (including phenoxy) is 1. The molecule has 3 rings (SSSR count). The van der Waals surface area contributed by atoms with Gasteiger partial charge in [-0.15, -0.1) is 6.58 Å². The Balaban J connectivity index is 1.84. The van der Waals surface area contributed by atoms with E-state index in [1.165, 1.54) is 6.92 Å². The first-order valence-corrected chi connectivity index (χ1v) is 8.13. The topological polar surface area (TPSA) is 106 Å². The third kappa shape index (κ3) is 4.63. The summed E-state index contributed by atoms with van der Waals surface area (Å²) in [7, 11) is 0. The van der Waals surface area contributed by atoms with Gasteiger partial charge in [0.15, 0.2) is 5.65 Å². The fourth-order valence-electron chi connectivity index (χ4n) is 2.29. The fraction of sp³-hybridized carbons (Fsp3) is 0.105. The fourth-order valence-corrected chi connectivity index (χ4v) is 2.29. The Labute approximate surface area is 155 Å². The summed E-state index contributed by atoms with van der Waals surface area (Å²) in [5.41, 5.74) is 2.41. The van der Waals surface area contributed by atoms with E-state index >= 15 is 0 Å². The Hall–Kier alpha value is -3.81. The lowest BCUT2D eigenvalue weighted by Crippen LogP contribution is -2.28. The van der Waals surface area contributed by atoms with Crippen molar-refractivity contribution in [3.05, 3.63) is 55.3 Å². The smallest absolute Gasteiger partial charge is 0.320 e. The summed E-state index contributed by atoms with van der Waals surface area (Å²) in [6.07, 6.45) is 3.21. The van der Waals surface area contributed by atoms with Crippen molar-refractivity contribution >= 4 is 29.0 Å². The number of rotatable bonds is 5. The van der Waals surface area contributed by atoms with Crippen molar-refractivity contribution in [3.63, 3.8) is 0 Å². The van der Waals surface area contributed by atoms with E-state index in [-0.39, 0.29) is 12.0 Å². The van der Waals surface area contributed by atoms with E-state index < -0.39 is 0 Å². The largest absolute Gasteiger partial charge is 0.427 e. The van der Waals surface area contributed by atoms with Crippen LogP contribution in [0.3, 0.4) is 0 Å². The van der Waals surface area contributed by atoms with E-state index in [2.05, 4.69) is 32.2 Å². The van der Waals surface area contributed by atoms with Gasteiger partial charge in [0, 0.05) is 19.0 Å². The molecule has 3 aromatic rings. The van der Waals surface area contributed by atoms with Gasteiger partial charge in [0.05, 0.1) is 11.9 Å². The number of amides is 2. The second kappa shape index (κ2) is 8.05. The van der Waals surface area contributed by atoms with Gasteiger partial charge in [0.25, 0.3) is 0 Å². The highest BCUT2D eigenvalue weighted by atomic mass is 16.5. The first-order chi connectivity index (χ1) is 13.0. The zero-order chi connectivity index (χ0) is 19.2. The van der Waals surface area contributed by atoms with Gasteiger partial charge < -0.3 is 10.1 Å². The van der Waals surface area contributed by atoms with Crippen LogP contribution in [0, 0.1) is 0 Å². The molecule has 2 aromatic heterocycles. The molecule has 2 heterocycles. The normalized spacial score (nSPS) is 10.3. The number of nitrogens with one attached hydrogen (secondary N) is 2. The molecule has 0 aliphatic heterocycles. The standard InChI is InChI=1S/C19H17N5O3/c1-3-10-20-19(26)24-17-9-8-15-18(23-17)22-16(11-21-15)13-4-6-14(7-5-13)27-12(2)25/h3-9,11H,1,10H2,2H3,(H2,20,22,23,24,26). The molecule has 0 fully saturated rings. The van der Waals surface area contributed by atoms with Gasteiger partial charge in [-0.2, -0.15) is 0 Å². The number of anilines is 1. The number of nitrogens with zero attached hydrogens (tertiary/aromatic N) is 3. The van der Waals surface area contributed by atoms with Crippen molar-refractivity contribution in [3.8, 4) is 17.0 Å². The molecule has 1 aromatic carbocycles. The van der Waals surface area contributed by atoms with Gasteiger partial charge in [0.1, 0.15) is 17.1 Å². The number of esters is 1. The van der Waals surface area contributed by atoms with E-state index in [0.717, 1.165) is 5.56 Å². The van der Waals surface area contributed by atoms with E-state index in [1.807, 2.05) is 0 Å². The van der Waals surface area contributed by atoms with Crippen molar-refractivity contribution in [2.24, 2.45) is 0 Å². The molecule has 2 N–H and O–H groups in total. The lowest BCUT2D eigenvalue weighted by molar-refractivity contribution is -0.131. The van der Waals surface area contributed by atoms with Crippen LogP contribution in [0.4, 0.5) is 10.6 Å². The van der Waals surface area contributed by atoms with Crippen LogP contribution in [0.1, 0.15) is 6.92 Å². The quantitative estimate of drug-likeness (QED) is 0.410. The van der Waals surface area contributed by atoms with Crippen LogP contribution in [-0.4, -0.2) is 33.5 Å². The van der Waals surface area contributed by atoms with Gasteiger partial charge in [0.2, 0.25) is 0 Å². The minimum atomic E-state index is -0.382. The molecule has 0 bridgehead atoms. The molecule has 0 aliphatic carbocycles. The van der Waals surface area contributed by atoms with Gasteiger partial charge in [-0.25, -0.2) is 14.8 Å². The summed E-state index contributed by atoms with van der Waals surface area (Å²) in [5.74, 6) is 0.436. The average molecular weight is 363 g/mol. The highest BCUT2D eigenvalue weighted by Crippen LogP contribution is 2.22. The number of hydrogen-bond donors (Lipinski definition) is 2. The lowest BCUT2D eigenvalue weighted by atomic mass is 10.1. The molecule has 8 nitrogen and oxygen atoms in total. The Bertz CT molecular complexity index is 1000. The first-order valence-electron chi connectivity index (χ1n) is 8.13. The maximum Gasteiger partial charge on any atom is 0.320 e. The molecular weight excluding hydrogens is 346 g/mol. The summed E-state index contributed by atoms with van der Waals surface area (Å²) in [4.78, 5) is 35.9. The molecule has 27 heavy (non-hydrogen) atoms. The van der Waals surface area contributed by atoms with Gasteiger partial charge in [-0.05, 0) is 36.4 Å². The van der Waals surface area contributed by atoms with Crippen molar-refractivity contribution in [1.82, 2.24) is 20.3 Å². The number of carbonyl (C=O) groups excluding carboxylic acids is 2. The summed E-state index contributed by atoms with van der Waals surface area (Å²) in [6, 6.07) is 9.91. The number of fused-ring (bicyclic) bond motifs is 1. The first kappa shape index (κ1) is 18.0. The molecule has 0 aliphatic rings. The predicted octanol–water partition coefficient (Wildman–Crippen LogP) is 2.92. The molecule has 0 spiro atoms. The Morgan fingerprint density at radius 3 is 2.63 bits per heavy atom. The summed E-state index contributed by atoms with van der Waals surface area (Å²) in [6.45, 7) is 5.24. The van der Waals surface area contributed by atoms with E-state index in [9.17, 15) is 9.59 Å². The highest BCUT2D eigenvalue weighted by Gasteiger charge is 2.08. The molecule has 0 saturated heterocycles. The summed E-state index contributed by atoms with van der Waals surface area (Å²) < 4.78 is 5.02. The Morgan fingerprint density at radius 1 is 1.15 bits per heavy atom. The molecular formula is C19H17N5O3. The third-order valence-electron chi connectivity index (χ3n) is 3.47. The number of pyridine rings is 1. The molecule has 0 radical (unpaired) electrons. The maximum atomic E-state index is 11.7. The molecule has 8 heteroatoms. The average Bonchev–Trinajstić information content (AvgIpc) is 2.66. The number of carbonyl (C=O) groups is 2. The van der Waals surface area contributed by atoms with Gasteiger partial charge in [-0.1, -0.05) is 6.08 Å². The second-order valence-electron chi connectivity index (χ2n) is 5.54. The van der Waals surface area contributed by atoms with Crippen LogP contribution in [0.2, 0.25) is 0 Å². The zero-order valence-electron chi connectivity index (χ0n) is 14.6. The zero-order valence-corrected chi connectivity index (χ0v) is 14.6. The van der Waals surface area contributed by atoms with Crippen LogP contribution >= 0.6 is 0 Å². The van der Waals surface area contributed by atoms with Crippen LogP contribution in [-0.2, 0) is 4.79 Å². The van der Waals surface area contributed by atoms with E-state index in [1.54, 1.807) is 48.7 Å². The number of benzene rings is 1. The minimum Gasteiger partial charge on any atom is -0.427 e. The van der Waals surface area contributed by atoms with Crippen LogP contribution in [0.15, 0.2) is 55.3 Å². The Morgan fingerprint density at radius 2 is 1.93 bits per heavy atom. The van der Waals surface area contributed by atoms with Crippen molar-refractivity contribution in [1.29, 1.82) is 0 Å². The van der Waals surface area contributed by atoms with Gasteiger partial charge in [-0.3, -0.25) is 15.1 Å². The van der Waals surface area contributed by atoms with Crippen LogP contribution < -0.4 is 15.4 Å². The molecule has 0 saturated carbocycles. The molecule has 0 unspecified atom stereocenters. The highest BCUT2D eigenvalue weighted by molar-refractivity contribution is 5.89. The van der Waals surface area contributed by atoms with Crippen molar-refractivity contribution in [2.75, 3.05) is 11.9 Å². The van der Waals surface area contributed by atoms with E-state index in [0.29, 0.717) is 35.0 Å². The van der Waals surface area contributed by atoms with Crippen LogP contribution in [0.5, 0.6) is 5.75 Å². The summed E-state index contributed by atoms with van der Waals surface area (Å²) >= 11 is 0. The van der Waals surface area contributed by atoms with E-state index in [4.69, 9.17) is 4.74 Å². The van der Waals surface area contributed by atoms with Crippen LogP contribution in [0.25, 0.3) is 22.4 Å². The van der Waals surface area contributed by atoms with Crippen molar-refractivity contribution < 1.29 is 14.3 Å². The molecule has 136 valence electrons. The number of hydrogen-bond acceptors (Lipinski definition) is 6. The monoisotopic (exact) mass is 363 g/mol.